The number of benzene rings is 2. The van der Waals surface area contributed by atoms with Crippen LogP contribution in [0.1, 0.15) is 36.5 Å². The van der Waals surface area contributed by atoms with E-state index in [1.165, 1.54) is 11.6 Å². The molecular weight excluding hydrogens is 331 g/mol. The van der Waals surface area contributed by atoms with E-state index in [9.17, 15) is 9.18 Å². The van der Waals surface area contributed by atoms with Crippen LogP contribution in [0.2, 0.25) is 0 Å². The molecule has 0 spiro atoms. The molecule has 3 rings (SSSR count). The Hall–Kier alpha value is -2.69. The summed E-state index contributed by atoms with van der Waals surface area (Å²) in [5.74, 6) is -0.328. The largest absolute Gasteiger partial charge is 0.390 e. The minimum Gasteiger partial charge on any atom is -0.390 e. The SMILES string of the molecule is CCC(=O)N(Cc1ccccc1F)C[C@H]1CC(c2ccc(C)cc2)=NO1. The van der Waals surface area contributed by atoms with Crippen molar-refractivity contribution in [3.05, 3.63) is 71.0 Å². The third-order valence-corrected chi connectivity index (χ3v) is 4.52. The third-order valence-electron chi connectivity index (χ3n) is 4.52. The highest BCUT2D eigenvalue weighted by atomic mass is 19.1. The first-order valence-corrected chi connectivity index (χ1v) is 8.87. The summed E-state index contributed by atoms with van der Waals surface area (Å²) in [5.41, 5.74) is 3.60. The van der Waals surface area contributed by atoms with Crippen molar-refractivity contribution in [3.8, 4) is 0 Å². The fraction of sp³-hybridized carbons (Fsp3) is 0.333. The lowest BCUT2D eigenvalue weighted by atomic mass is 10.0. The van der Waals surface area contributed by atoms with E-state index in [1.807, 2.05) is 31.2 Å². The molecule has 1 atom stereocenters. The van der Waals surface area contributed by atoms with Gasteiger partial charge >= 0.3 is 0 Å². The second-order valence-electron chi connectivity index (χ2n) is 6.55. The topological polar surface area (TPSA) is 41.9 Å². The molecule has 2 aromatic carbocycles. The van der Waals surface area contributed by atoms with E-state index in [1.54, 1.807) is 30.0 Å². The smallest absolute Gasteiger partial charge is 0.222 e. The highest BCUT2D eigenvalue weighted by Crippen LogP contribution is 2.20. The summed E-state index contributed by atoms with van der Waals surface area (Å²) in [4.78, 5) is 19.5. The van der Waals surface area contributed by atoms with Crippen molar-refractivity contribution < 1.29 is 14.0 Å². The van der Waals surface area contributed by atoms with Gasteiger partial charge in [-0.1, -0.05) is 60.1 Å². The van der Waals surface area contributed by atoms with Gasteiger partial charge in [-0.25, -0.2) is 4.39 Å². The van der Waals surface area contributed by atoms with E-state index in [4.69, 9.17) is 4.84 Å². The molecule has 1 aliphatic rings. The number of amides is 1. The summed E-state index contributed by atoms with van der Waals surface area (Å²) in [7, 11) is 0. The van der Waals surface area contributed by atoms with Crippen molar-refractivity contribution in [2.75, 3.05) is 6.54 Å². The Morgan fingerprint density at radius 2 is 1.96 bits per heavy atom. The van der Waals surface area contributed by atoms with Gasteiger partial charge in [-0.3, -0.25) is 4.79 Å². The van der Waals surface area contributed by atoms with Crippen molar-refractivity contribution in [1.29, 1.82) is 0 Å². The second-order valence-corrected chi connectivity index (χ2v) is 6.55. The normalized spacial score (nSPS) is 16.1. The summed E-state index contributed by atoms with van der Waals surface area (Å²) < 4.78 is 14.0. The number of oxime groups is 1. The molecule has 4 nitrogen and oxygen atoms in total. The standard InChI is InChI=1S/C21H23FN2O2/c1-3-21(25)24(13-17-6-4-5-7-19(17)22)14-18-12-20(23-26-18)16-10-8-15(2)9-11-16/h4-11,18H,3,12-14H2,1-2H3/t18-/m1/s1. The molecular formula is C21H23FN2O2. The zero-order chi connectivity index (χ0) is 18.5. The molecule has 0 radical (unpaired) electrons. The monoisotopic (exact) mass is 354 g/mol. The quantitative estimate of drug-likeness (QED) is 0.785. The fourth-order valence-electron chi connectivity index (χ4n) is 3.00. The fourth-order valence-corrected chi connectivity index (χ4v) is 3.00. The van der Waals surface area contributed by atoms with Crippen LogP contribution in [0.15, 0.2) is 53.7 Å². The zero-order valence-corrected chi connectivity index (χ0v) is 15.1. The number of carbonyl (C=O) groups is 1. The molecule has 0 bridgehead atoms. The molecule has 136 valence electrons. The first-order chi connectivity index (χ1) is 12.6. The Morgan fingerprint density at radius 3 is 2.65 bits per heavy atom. The molecule has 0 aliphatic carbocycles. The first kappa shape index (κ1) is 18.1. The van der Waals surface area contributed by atoms with Crippen molar-refractivity contribution >= 4 is 11.6 Å². The summed E-state index contributed by atoms with van der Waals surface area (Å²) in [6.45, 7) is 4.47. The molecule has 0 N–H and O–H groups in total. The highest BCUT2D eigenvalue weighted by molar-refractivity contribution is 6.01. The van der Waals surface area contributed by atoms with Gasteiger partial charge in [0.15, 0.2) is 6.10 Å². The molecule has 26 heavy (non-hydrogen) atoms. The maximum atomic E-state index is 14.0. The first-order valence-electron chi connectivity index (χ1n) is 8.87. The van der Waals surface area contributed by atoms with E-state index in [0.29, 0.717) is 24.9 Å². The maximum absolute atomic E-state index is 14.0. The maximum Gasteiger partial charge on any atom is 0.222 e. The van der Waals surface area contributed by atoms with Gasteiger partial charge in [0.2, 0.25) is 5.91 Å². The summed E-state index contributed by atoms with van der Waals surface area (Å²) >= 11 is 0. The van der Waals surface area contributed by atoms with E-state index < -0.39 is 0 Å². The lowest BCUT2D eigenvalue weighted by Gasteiger charge is -2.24. The predicted molar refractivity (Wildman–Crippen MR) is 99.3 cm³/mol. The Bertz CT molecular complexity index is 802. The van der Waals surface area contributed by atoms with Crippen LogP contribution in [0, 0.1) is 12.7 Å². The van der Waals surface area contributed by atoms with Crippen molar-refractivity contribution in [1.82, 2.24) is 4.90 Å². The zero-order valence-electron chi connectivity index (χ0n) is 15.1. The minimum atomic E-state index is -0.301. The number of halogens is 1. The van der Waals surface area contributed by atoms with Gasteiger partial charge < -0.3 is 9.74 Å². The van der Waals surface area contributed by atoms with E-state index >= 15 is 0 Å². The van der Waals surface area contributed by atoms with Crippen LogP contribution in [0.3, 0.4) is 0 Å². The molecule has 0 unspecified atom stereocenters. The lowest BCUT2D eigenvalue weighted by Crippen LogP contribution is -2.37. The second kappa shape index (κ2) is 8.13. The average molecular weight is 354 g/mol. The number of carbonyl (C=O) groups excluding carboxylic acids is 1. The third kappa shape index (κ3) is 4.28. The van der Waals surface area contributed by atoms with Gasteiger partial charge in [0.05, 0.1) is 12.3 Å². The van der Waals surface area contributed by atoms with Crippen LogP contribution in [0.25, 0.3) is 0 Å². The van der Waals surface area contributed by atoms with Crippen LogP contribution in [-0.4, -0.2) is 29.2 Å². The minimum absolute atomic E-state index is 0.0272. The molecule has 1 aliphatic heterocycles. The molecule has 1 amide bonds. The van der Waals surface area contributed by atoms with Gasteiger partial charge in [-0.2, -0.15) is 0 Å². The lowest BCUT2D eigenvalue weighted by molar-refractivity contribution is -0.133. The Balaban J connectivity index is 1.66. The number of rotatable bonds is 6. The number of hydrogen-bond acceptors (Lipinski definition) is 3. The van der Waals surface area contributed by atoms with Crippen molar-refractivity contribution in [2.24, 2.45) is 5.16 Å². The number of aryl methyl sites for hydroxylation is 1. The van der Waals surface area contributed by atoms with E-state index in [2.05, 4.69) is 5.16 Å². The van der Waals surface area contributed by atoms with E-state index in [0.717, 1.165) is 11.3 Å². The molecule has 0 saturated carbocycles. The molecule has 1 heterocycles. The summed E-state index contributed by atoms with van der Waals surface area (Å²) in [6.07, 6.45) is 0.786. The molecule has 0 fully saturated rings. The summed E-state index contributed by atoms with van der Waals surface area (Å²) in [6, 6.07) is 14.7. The number of hydrogen-bond donors (Lipinski definition) is 0. The van der Waals surface area contributed by atoms with Gasteiger partial charge in [-0.05, 0) is 18.6 Å². The van der Waals surface area contributed by atoms with E-state index in [-0.39, 0.29) is 24.4 Å². The van der Waals surface area contributed by atoms with Gasteiger partial charge in [0, 0.05) is 24.9 Å². The molecule has 5 heteroatoms. The number of nitrogens with zero attached hydrogens (tertiary/aromatic N) is 2. The molecule has 0 saturated heterocycles. The average Bonchev–Trinajstić information content (AvgIpc) is 3.11. The van der Waals surface area contributed by atoms with Gasteiger partial charge in [0.1, 0.15) is 5.82 Å². The Kier molecular flexibility index (Phi) is 5.66. The van der Waals surface area contributed by atoms with Crippen molar-refractivity contribution in [2.45, 2.75) is 39.3 Å². The van der Waals surface area contributed by atoms with Gasteiger partial charge in [-0.15, -0.1) is 0 Å². The Morgan fingerprint density at radius 1 is 1.23 bits per heavy atom. The van der Waals surface area contributed by atoms with Crippen LogP contribution in [0.5, 0.6) is 0 Å². The Labute approximate surface area is 153 Å². The van der Waals surface area contributed by atoms with Crippen LogP contribution < -0.4 is 0 Å². The molecule has 2 aromatic rings. The predicted octanol–water partition coefficient (Wildman–Crippen LogP) is 4.07. The van der Waals surface area contributed by atoms with Crippen LogP contribution in [-0.2, 0) is 16.2 Å². The highest BCUT2D eigenvalue weighted by Gasteiger charge is 2.26. The van der Waals surface area contributed by atoms with Gasteiger partial charge in [0.25, 0.3) is 0 Å². The molecule has 0 aromatic heterocycles. The van der Waals surface area contributed by atoms with Crippen LogP contribution in [0.4, 0.5) is 4.39 Å². The van der Waals surface area contributed by atoms with Crippen LogP contribution >= 0.6 is 0 Å². The summed E-state index contributed by atoms with van der Waals surface area (Å²) in [5, 5.41) is 4.18. The van der Waals surface area contributed by atoms with Crippen molar-refractivity contribution in [3.63, 3.8) is 0 Å².